The zero-order valence-corrected chi connectivity index (χ0v) is 23.9. The molecule has 0 spiro atoms. The van der Waals surface area contributed by atoms with Gasteiger partial charge in [0.05, 0.1) is 10.6 Å². The van der Waals surface area contributed by atoms with Crippen LogP contribution in [0.15, 0.2) is 58.2 Å². The van der Waals surface area contributed by atoms with E-state index in [1.54, 1.807) is 10.4 Å². The topological polar surface area (TPSA) is 92.8 Å². The Morgan fingerprint density at radius 2 is 1.38 bits per heavy atom. The fraction of sp³-hybridized carbons (Fsp3) is 0.448. The lowest BCUT2D eigenvalue weighted by atomic mass is 10.1. The summed E-state index contributed by atoms with van der Waals surface area (Å²) in [6.45, 7) is 12.7. The summed E-state index contributed by atoms with van der Waals surface area (Å²) in [5, 5.41) is 0. The van der Waals surface area contributed by atoms with Crippen LogP contribution in [-0.2, 0) is 23.1 Å². The molecule has 2 aromatic carbocycles. The van der Waals surface area contributed by atoms with Gasteiger partial charge in [-0.25, -0.2) is 13.4 Å². The number of piperazine rings is 2. The maximum Gasteiger partial charge on any atom is 0.252 e. The number of hydrogen-bond donors (Lipinski definition) is 1. The number of nitrogens with zero attached hydrogens (tertiary/aromatic N) is 5. The van der Waals surface area contributed by atoms with Crippen molar-refractivity contribution in [3.05, 3.63) is 86.8 Å². The second-order valence-corrected chi connectivity index (χ2v) is 12.6. The Labute approximate surface area is 231 Å². The number of nitrogens with one attached hydrogen (secondary N) is 1. The van der Waals surface area contributed by atoms with Crippen molar-refractivity contribution in [1.82, 2.24) is 24.1 Å². The van der Waals surface area contributed by atoms with Crippen molar-refractivity contribution >= 4 is 16.0 Å². The molecule has 0 unspecified atom stereocenters. The van der Waals surface area contributed by atoms with E-state index in [4.69, 9.17) is 4.98 Å². The van der Waals surface area contributed by atoms with E-state index in [1.807, 2.05) is 43.9 Å². The summed E-state index contributed by atoms with van der Waals surface area (Å²) in [5.41, 5.74) is 4.48. The van der Waals surface area contributed by atoms with E-state index in [0.717, 1.165) is 55.1 Å². The largest absolute Gasteiger partial charge is 0.340 e. The number of hydrogen-bond acceptors (Lipinski definition) is 7. The van der Waals surface area contributed by atoms with Crippen molar-refractivity contribution in [3.63, 3.8) is 0 Å². The molecule has 0 aliphatic carbocycles. The Hall–Kier alpha value is -3.05. The van der Waals surface area contributed by atoms with Gasteiger partial charge in [-0.1, -0.05) is 48.0 Å². The minimum Gasteiger partial charge on any atom is -0.340 e. The summed E-state index contributed by atoms with van der Waals surface area (Å²) in [4.78, 5) is 27.3. The summed E-state index contributed by atoms with van der Waals surface area (Å²) < 4.78 is 28.5. The van der Waals surface area contributed by atoms with Crippen molar-refractivity contribution in [2.45, 2.75) is 38.8 Å². The van der Waals surface area contributed by atoms with Crippen LogP contribution in [0.25, 0.3) is 0 Å². The minimum absolute atomic E-state index is 0.182. The van der Waals surface area contributed by atoms with Crippen LogP contribution in [0.4, 0.5) is 5.95 Å². The highest BCUT2D eigenvalue weighted by molar-refractivity contribution is 7.89. The van der Waals surface area contributed by atoms with Crippen molar-refractivity contribution in [2.24, 2.45) is 0 Å². The normalized spacial score (nSPS) is 18.0. The van der Waals surface area contributed by atoms with Crippen LogP contribution in [0.2, 0.25) is 0 Å². The number of aromatic nitrogens is 2. The zero-order chi connectivity index (χ0) is 27.6. The first kappa shape index (κ1) is 27.5. The van der Waals surface area contributed by atoms with Gasteiger partial charge in [-0.3, -0.25) is 19.6 Å². The molecule has 10 heteroatoms. The summed E-state index contributed by atoms with van der Waals surface area (Å²) in [6, 6.07) is 15.9. The van der Waals surface area contributed by atoms with E-state index in [0.29, 0.717) is 43.6 Å². The standard InChI is InChI=1S/C29H38N6O3S/c1-22-17-23(2)28(24(3)18-22)39(37,38)35-15-13-34(14-16-35)29-30-26(19-27(36)31-29)21-33-11-9-32(10-12-33)20-25-7-5-4-6-8-25/h4-8,17-19H,9-16,20-21H2,1-3H3,(H,30,31,36). The SMILES string of the molecule is Cc1cc(C)c(S(=O)(=O)N2CCN(c3nc(CN4CCN(Cc5ccccc5)CC4)cc(=O)[nH]3)CC2)c(C)c1. The summed E-state index contributed by atoms with van der Waals surface area (Å²) in [5.74, 6) is 0.514. The second kappa shape index (κ2) is 11.6. The molecule has 9 nitrogen and oxygen atoms in total. The lowest BCUT2D eigenvalue weighted by molar-refractivity contribution is 0.121. The van der Waals surface area contributed by atoms with Gasteiger partial charge in [-0.2, -0.15) is 4.31 Å². The number of H-pyrrole nitrogens is 1. The first-order chi connectivity index (χ1) is 18.7. The molecule has 39 heavy (non-hydrogen) atoms. The van der Waals surface area contributed by atoms with Crippen molar-refractivity contribution in [3.8, 4) is 0 Å². The molecule has 2 aliphatic rings. The third kappa shape index (κ3) is 6.41. The van der Waals surface area contributed by atoms with Crippen LogP contribution in [0.3, 0.4) is 0 Å². The van der Waals surface area contributed by atoms with Gasteiger partial charge in [-0.15, -0.1) is 0 Å². The number of benzene rings is 2. The first-order valence-electron chi connectivity index (χ1n) is 13.6. The van der Waals surface area contributed by atoms with Crippen LogP contribution in [0.1, 0.15) is 27.9 Å². The van der Waals surface area contributed by atoms with E-state index in [2.05, 4.69) is 39.0 Å². The Kier molecular flexibility index (Phi) is 8.18. The van der Waals surface area contributed by atoms with E-state index in [1.165, 1.54) is 5.56 Å². The molecule has 2 aliphatic heterocycles. The van der Waals surface area contributed by atoms with Gasteiger partial charge in [0.1, 0.15) is 0 Å². The third-order valence-corrected chi connectivity index (χ3v) is 9.83. The fourth-order valence-corrected chi connectivity index (χ4v) is 7.58. The van der Waals surface area contributed by atoms with Gasteiger partial charge >= 0.3 is 0 Å². The molecule has 0 radical (unpaired) electrons. The molecule has 3 aromatic rings. The first-order valence-corrected chi connectivity index (χ1v) is 15.0. The van der Waals surface area contributed by atoms with Gasteiger partial charge < -0.3 is 4.90 Å². The van der Waals surface area contributed by atoms with Crippen LogP contribution in [-0.4, -0.2) is 84.8 Å². The highest BCUT2D eigenvalue weighted by Gasteiger charge is 2.31. The Morgan fingerprint density at radius 3 is 2.00 bits per heavy atom. The van der Waals surface area contributed by atoms with E-state index < -0.39 is 10.0 Å². The van der Waals surface area contributed by atoms with E-state index >= 15 is 0 Å². The summed E-state index contributed by atoms with van der Waals surface area (Å²) in [6.07, 6.45) is 0. The Bertz CT molecular complexity index is 1430. The average molecular weight is 551 g/mol. The molecule has 1 N–H and O–H groups in total. The fourth-order valence-electron chi connectivity index (χ4n) is 5.74. The van der Waals surface area contributed by atoms with Crippen LogP contribution < -0.4 is 10.5 Å². The monoisotopic (exact) mass is 550 g/mol. The molecule has 1 aromatic heterocycles. The molecular formula is C29H38N6O3S. The van der Waals surface area contributed by atoms with Crippen molar-refractivity contribution in [2.75, 3.05) is 57.3 Å². The highest BCUT2D eigenvalue weighted by Crippen LogP contribution is 2.26. The molecule has 0 atom stereocenters. The lowest BCUT2D eigenvalue weighted by Gasteiger charge is -2.35. The predicted octanol–water partition coefficient (Wildman–Crippen LogP) is 2.52. The van der Waals surface area contributed by atoms with Crippen LogP contribution >= 0.6 is 0 Å². The van der Waals surface area contributed by atoms with Crippen LogP contribution in [0, 0.1) is 20.8 Å². The molecule has 5 rings (SSSR count). The summed E-state index contributed by atoms with van der Waals surface area (Å²) >= 11 is 0. The molecule has 0 amide bonds. The molecule has 208 valence electrons. The van der Waals surface area contributed by atoms with Gasteiger partial charge in [-0.05, 0) is 37.5 Å². The quantitative estimate of drug-likeness (QED) is 0.483. The molecular weight excluding hydrogens is 512 g/mol. The number of aromatic amines is 1. The van der Waals surface area contributed by atoms with Gasteiger partial charge in [0, 0.05) is 71.5 Å². The average Bonchev–Trinajstić information content (AvgIpc) is 2.89. The molecule has 0 bridgehead atoms. The van der Waals surface area contributed by atoms with Gasteiger partial charge in [0.2, 0.25) is 16.0 Å². The van der Waals surface area contributed by atoms with Crippen molar-refractivity contribution in [1.29, 1.82) is 0 Å². The Morgan fingerprint density at radius 1 is 0.795 bits per heavy atom. The second-order valence-electron chi connectivity index (χ2n) is 10.7. The highest BCUT2D eigenvalue weighted by atomic mass is 32.2. The summed E-state index contributed by atoms with van der Waals surface area (Å²) in [7, 11) is -3.60. The molecule has 0 saturated carbocycles. The predicted molar refractivity (Wildman–Crippen MR) is 153 cm³/mol. The smallest absolute Gasteiger partial charge is 0.252 e. The third-order valence-electron chi connectivity index (χ3n) is 7.62. The number of anilines is 1. The number of rotatable bonds is 7. The minimum atomic E-state index is -3.60. The molecule has 3 heterocycles. The van der Waals surface area contributed by atoms with E-state index in [-0.39, 0.29) is 5.56 Å². The number of sulfonamides is 1. The maximum absolute atomic E-state index is 13.5. The Balaban J connectivity index is 1.19. The van der Waals surface area contributed by atoms with Gasteiger partial charge in [0.25, 0.3) is 5.56 Å². The van der Waals surface area contributed by atoms with E-state index in [9.17, 15) is 13.2 Å². The molecule has 2 fully saturated rings. The number of aryl methyl sites for hydroxylation is 3. The molecule has 2 saturated heterocycles. The van der Waals surface area contributed by atoms with Crippen molar-refractivity contribution < 1.29 is 8.42 Å². The zero-order valence-electron chi connectivity index (χ0n) is 23.1. The maximum atomic E-state index is 13.5. The van der Waals surface area contributed by atoms with Gasteiger partial charge in [0.15, 0.2) is 0 Å². The van der Waals surface area contributed by atoms with Crippen LogP contribution in [0.5, 0.6) is 0 Å². The lowest BCUT2D eigenvalue weighted by Crippen LogP contribution is -2.49.